The average molecular weight is 472 g/mol. The molecule has 1 saturated carbocycles. The molecular weight excluding hydrogens is 449 g/mol. The van der Waals surface area contributed by atoms with Crippen molar-refractivity contribution >= 4 is 40.1 Å². The summed E-state index contributed by atoms with van der Waals surface area (Å²) in [4.78, 5) is 47.0. The lowest BCUT2D eigenvalue weighted by Crippen LogP contribution is -2.51. The molecule has 0 unspecified atom stereocenters. The number of rotatable bonds is 6. The number of hydrogen-bond donors (Lipinski definition) is 1. The molecule has 1 saturated heterocycles. The molecule has 11 heteroatoms. The minimum atomic E-state index is -1.42. The van der Waals surface area contributed by atoms with Crippen LogP contribution in [-0.4, -0.2) is 48.9 Å². The van der Waals surface area contributed by atoms with Crippen LogP contribution in [0.25, 0.3) is 16.2 Å². The Hall–Kier alpha value is -3.21. The summed E-state index contributed by atoms with van der Waals surface area (Å²) in [6.07, 6.45) is 8.82. The van der Waals surface area contributed by atoms with Crippen molar-refractivity contribution in [3.63, 3.8) is 0 Å². The van der Waals surface area contributed by atoms with Crippen molar-refractivity contribution in [2.45, 2.75) is 38.5 Å². The number of hydrogen-bond acceptors (Lipinski definition) is 8. The van der Waals surface area contributed by atoms with Crippen LogP contribution in [0.15, 0.2) is 23.4 Å². The van der Waals surface area contributed by atoms with Crippen LogP contribution in [0.5, 0.6) is 0 Å². The van der Waals surface area contributed by atoms with Crippen LogP contribution in [-0.2, 0) is 4.79 Å². The first-order valence-electron chi connectivity index (χ1n) is 11.0. The first-order valence-corrected chi connectivity index (χ1v) is 11.7. The molecule has 33 heavy (non-hydrogen) atoms. The number of carboxylic acid groups (broad SMARTS) is 1. The normalized spacial score (nSPS) is 17.3. The maximum Gasteiger partial charge on any atom is 0.341 e. The maximum atomic E-state index is 15.0. The number of ketones is 1. The monoisotopic (exact) mass is 471 g/mol. The van der Waals surface area contributed by atoms with E-state index in [1.807, 2.05) is 0 Å². The van der Waals surface area contributed by atoms with E-state index in [0.717, 1.165) is 36.6 Å². The van der Waals surface area contributed by atoms with Crippen LogP contribution in [0, 0.1) is 17.7 Å². The number of anilines is 1. The molecule has 2 fully saturated rings. The molecule has 2 aliphatic rings. The van der Waals surface area contributed by atoms with Gasteiger partial charge in [0.1, 0.15) is 17.7 Å². The highest BCUT2D eigenvalue weighted by Gasteiger charge is 2.36. The van der Waals surface area contributed by atoms with Crippen LogP contribution in [0.2, 0.25) is 0 Å². The minimum absolute atomic E-state index is 0.0324. The van der Waals surface area contributed by atoms with Gasteiger partial charge in [0.2, 0.25) is 10.6 Å². The first-order chi connectivity index (χ1) is 15.9. The van der Waals surface area contributed by atoms with E-state index in [1.54, 1.807) is 4.90 Å². The van der Waals surface area contributed by atoms with E-state index < -0.39 is 22.8 Å². The van der Waals surface area contributed by atoms with Gasteiger partial charge >= 0.3 is 5.97 Å². The largest absolute Gasteiger partial charge is 0.477 e. The molecule has 9 nitrogen and oxygen atoms in total. The zero-order valence-corrected chi connectivity index (χ0v) is 18.6. The molecule has 0 bridgehead atoms. The molecule has 1 aliphatic carbocycles. The zero-order chi connectivity index (χ0) is 23.1. The lowest BCUT2D eigenvalue weighted by Gasteiger charge is -2.40. The molecule has 172 valence electrons. The lowest BCUT2D eigenvalue weighted by molar-refractivity contribution is -0.124. The van der Waals surface area contributed by atoms with Crippen molar-refractivity contribution in [2.24, 2.45) is 11.8 Å². The summed E-state index contributed by atoms with van der Waals surface area (Å²) in [6.45, 7) is 0.745. The fourth-order valence-corrected chi connectivity index (χ4v) is 5.22. The summed E-state index contributed by atoms with van der Waals surface area (Å²) in [5, 5.41) is 9.55. The van der Waals surface area contributed by atoms with Gasteiger partial charge in [-0.1, -0.05) is 32.1 Å². The number of fused-ring (bicyclic) bond motifs is 1. The van der Waals surface area contributed by atoms with Crippen molar-refractivity contribution in [3.05, 3.63) is 40.2 Å². The van der Waals surface area contributed by atoms with Gasteiger partial charge in [-0.25, -0.2) is 19.2 Å². The summed E-state index contributed by atoms with van der Waals surface area (Å²) < 4.78 is 20.2. The van der Waals surface area contributed by atoms with E-state index in [0.29, 0.717) is 30.6 Å². The highest BCUT2D eigenvalue weighted by atomic mass is 32.1. The standard InChI is InChI=1S/C22H22FN5O4S/c23-16-7-14-18(30)15(21(31)32)10-28(22-24-11-25-33-22)19(14)26-20(16)27-8-13(9-27)17(29)6-12-4-2-1-3-5-12/h7,10-13H,1-6,8-9H2,(H,31,32). The summed E-state index contributed by atoms with van der Waals surface area (Å²) in [5.74, 6) is -1.60. The second-order valence-corrected chi connectivity index (χ2v) is 9.47. The molecule has 4 heterocycles. The van der Waals surface area contributed by atoms with Gasteiger partial charge in [-0.2, -0.15) is 4.37 Å². The summed E-state index contributed by atoms with van der Waals surface area (Å²) in [6, 6.07) is 1.02. The highest BCUT2D eigenvalue weighted by molar-refractivity contribution is 7.08. The molecule has 0 spiro atoms. The Bertz CT molecular complexity index is 1280. The first kappa shape index (κ1) is 21.6. The van der Waals surface area contributed by atoms with E-state index in [9.17, 15) is 23.9 Å². The topological polar surface area (TPSA) is 118 Å². The van der Waals surface area contributed by atoms with E-state index in [2.05, 4.69) is 14.3 Å². The molecule has 3 aromatic heterocycles. The number of Topliss-reactive ketones (excluding diaryl/α,β-unsaturated/α-hetero) is 1. The Morgan fingerprint density at radius 2 is 1.97 bits per heavy atom. The highest BCUT2D eigenvalue weighted by Crippen LogP contribution is 2.32. The quantitative estimate of drug-likeness (QED) is 0.583. The summed E-state index contributed by atoms with van der Waals surface area (Å²) >= 11 is 0.991. The molecule has 5 rings (SSSR count). The molecule has 0 amide bonds. The number of aromatic nitrogens is 4. The Kier molecular flexibility index (Phi) is 5.65. The third-order valence-electron chi connectivity index (χ3n) is 6.55. The number of pyridine rings is 2. The van der Waals surface area contributed by atoms with Crippen LogP contribution in [0.1, 0.15) is 48.9 Å². The Morgan fingerprint density at radius 3 is 2.64 bits per heavy atom. The van der Waals surface area contributed by atoms with Gasteiger partial charge < -0.3 is 10.0 Å². The fraction of sp³-hybridized carbons (Fsp3) is 0.455. The molecule has 3 aromatic rings. The van der Waals surface area contributed by atoms with E-state index in [4.69, 9.17) is 0 Å². The number of nitrogens with zero attached hydrogens (tertiary/aromatic N) is 5. The maximum absolute atomic E-state index is 15.0. The van der Waals surface area contributed by atoms with E-state index in [1.165, 1.54) is 30.2 Å². The smallest absolute Gasteiger partial charge is 0.341 e. The SMILES string of the molecule is O=C(O)c1cn(-c2ncns2)c2nc(N3CC(C(=O)CC4CCCCC4)C3)c(F)cc2c1=O. The number of aromatic carboxylic acids is 1. The Labute approximate surface area is 192 Å². The molecule has 0 aromatic carbocycles. The minimum Gasteiger partial charge on any atom is -0.477 e. The lowest BCUT2D eigenvalue weighted by atomic mass is 9.82. The third kappa shape index (κ3) is 4.01. The molecule has 0 radical (unpaired) electrons. The van der Waals surface area contributed by atoms with Crippen LogP contribution < -0.4 is 10.3 Å². The number of carbonyl (C=O) groups is 2. The summed E-state index contributed by atoms with van der Waals surface area (Å²) in [5.41, 5.74) is -1.24. The van der Waals surface area contributed by atoms with Crippen LogP contribution >= 0.6 is 11.5 Å². The number of carbonyl (C=O) groups excluding carboxylic acids is 1. The number of carboxylic acids is 1. The summed E-state index contributed by atoms with van der Waals surface area (Å²) in [7, 11) is 0. The van der Waals surface area contributed by atoms with Crippen molar-refractivity contribution < 1.29 is 19.1 Å². The second kappa shape index (κ2) is 8.62. The molecular formula is C22H22FN5O4S. The molecule has 0 atom stereocenters. The third-order valence-corrected chi connectivity index (χ3v) is 7.22. The van der Waals surface area contributed by atoms with Crippen molar-refractivity contribution in [3.8, 4) is 5.13 Å². The number of halogens is 1. The van der Waals surface area contributed by atoms with Gasteiger partial charge in [-0.05, 0) is 12.0 Å². The zero-order valence-electron chi connectivity index (χ0n) is 17.7. The van der Waals surface area contributed by atoms with Crippen molar-refractivity contribution in [1.29, 1.82) is 0 Å². The van der Waals surface area contributed by atoms with Crippen LogP contribution in [0.4, 0.5) is 10.2 Å². The van der Waals surface area contributed by atoms with Gasteiger partial charge in [-0.3, -0.25) is 14.2 Å². The Balaban J connectivity index is 1.44. The van der Waals surface area contributed by atoms with Gasteiger partial charge in [-0.15, -0.1) is 0 Å². The van der Waals surface area contributed by atoms with Crippen molar-refractivity contribution in [1.82, 2.24) is 18.9 Å². The van der Waals surface area contributed by atoms with Crippen molar-refractivity contribution in [2.75, 3.05) is 18.0 Å². The predicted octanol–water partition coefficient (Wildman–Crippen LogP) is 3.05. The molecule has 1 N–H and O–H groups in total. The second-order valence-electron chi connectivity index (χ2n) is 8.71. The van der Waals surface area contributed by atoms with Gasteiger partial charge in [0.15, 0.2) is 17.3 Å². The van der Waals surface area contributed by atoms with Gasteiger partial charge in [0.05, 0.1) is 11.3 Å². The Morgan fingerprint density at radius 1 is 1.21 bits per heavy atom. The van der Waals surface area contributed by atoms with Crippen LogP contribution in [0.3, 0.4) is 0 Å². The van der Waals surface area contributed by atoms with Gasteiger partial charge in [0, 0.05) is 37.2 Å². The van der Waals surface area contributed by atoms with E-state index >= 15 is 0 Å². The van der Waals surface area contributed by atoms with Gasteiger partial charge in [0.25, 0.3) is 0 Å². The predicted molar refractivity (Wildman–Crippen MR) is 120 cm³/mol. The fourth-order valence-electron chi connectivity index (χ4n) is 4.71. The van der Waals surface area contributed by atoms with E-state index in [-0.39, 0.29) is 28.6 Å². The molecule has 1 aliphatic heterocycles. The average Bonchev–Trinajstić information content (AvgIpc) is 3.29.